The molecule has 0 radical (unpaired) electrons. The maximum absolute atomic E-state index is 12.3. The fourth-order valence-electron chi connectivity index (χ4n) is 2.79. The maximum Gasteiger partial charge on any atom is 0.319 e. The SMILES string of the molecule is CCCC1(C(=O)O)CCN(C(=O)N(C)CCC(C)C)C1. The molecule has 1 aliphatic rings. The molecule has 2 amide bonds. The normalized spacial score (nSPS) is 22.4. The van der Waals surface area contributed by atoms with Gasteiger partial charge >= 0.3 is 12.0 Å². The van der Waals surface area contributed by atoms with Crippen molar-refractivity contribution in [2.75, 3.05) is 26.7 Å². The Hall–Kier alpha value is -1.26. The van der Waals surface area contributed by atoms with Gasteiger partial charge in [-0.2, -0.15) is 0 Å². The molecule has 0 bridgehead atoms. The van der Waals surface area contributed by atoms with Crippen molar-refractivity contribution in [3.8, 4) is 0 Å². The first-order valence-corrected chi connectivity index (χ1v) is 7.56. The molecule has 1 saturated heterocycles. The molecular formula is C15H28N2O3. The lowest BCUT2D eigenvalue weighted by molar-refractivity contribution is -0.148. The Morgan fingerprint density at radius 1 is 1.40 bits per heavy atom. The Kier molecular flexibility index (Phi) is 5.84. The van der Waals surface area contributed by atoms with Crippen LogP contribution in [-0.2, 0) is 4.79 Å². The lowest BCUT2D eigenvalue weighted by atomic mass is 9.83. The standard InChI is InChI=1S/C15H28N2O3/c1-5-7-15(13(18)19)8-10-17(11-15)14(20)16(4)9-6-12(2)3/h12H,5-11H2,1-4H3,(H,18,19). The summed E-state index contributed by atoms with van der Waals surface area (Å²) >= 11 is 0. The number of carbonyl (C=O) groups is 2. The molecule has 1 atom stereocenters. The van der Waals surface area contributed by atoms with E-state index >= 15 is 0 Å². The number of carbonyl (C=O) groups excluding carboxylic acids is 1. The quantitative estimate of drug-likeness (QED) is 0.815. The highest BCUT2D eigenvalue weighted by atomic mass is 16.4. The molecule has 5 heteroatoms. The summed E-state index contributed by atoms with van der Waals surface area (Å²) in [4.78, 5) is 27.3. The zero-order chi connectivity index (χ0) is 15.3. The van der Waals surface area contributed by atoms with Crippen LogP contribution in [0.3, 0.4) is 0 Å². The van der Waals surface area contributed by atoms with Crippen molar-refractivity contribution < 1.29 is 14.7 Å². The first-order chi connectivity index (χ1) is 9.32. The second kappa shape index (κ2) is 6.95. The van der Waals surface area contributed by atoms with E-state index in [-0.39, 0.29) is 6.03 Å². The number of amides is 2. The van der Waals surface area contributed by atoms with Crippen LogP contribution in [0.5, 0.6) is 0 Å². The summed E-state index contributed by atoms with van der Waals surface area (Å²) in [6.45, 7) is 7.87. The van der Waals surface area contributed by atoms with Crippen LogP contribution in [0, 0.1) is 11.3 Å². The largest absolute Gasteiger partial charge is 0.481 e. The Balaban J connectivity index is 2.61. The third-order valence-electron chi connectivity index (χ3n) is 4.17. The van der Waals surface area contributed by atoms with E-state index in [1.54, 1.807) is 16.8 Å². The summed E-state index contributed by atoms with van der Waals surface area (Å²) in [5.74, 6) is -0.207. The lowest BCUT2D eigenvalue weighted by Crippen LogP contribution is -2.43. The third kappa shape index (κ3) is 3.87. The highest BCUT2D eigenvalue weighted by molar-refractivity contribution is 5.79. The summed E-state index contributed by atoms with van der Waals surface area (Å²) in [5.41, 5.74) is -0.733. The number of rotatable bonds is 6. The van der Waals surface area contributed by atoms with E-state index < -0.39 is 11.4 Å². The zero-order valence-electron chi connectivity index (χ0n) is 13.2. The van der Waals surface area contributed by atoms with Gasteiger partial charge in [-0.3, -0.25) is 4.79 Å². The molecule has 0 aromatic carbocycles. The van der Waals surface area contributed by atoms with E-state index in [1.165, 1.54) is 0 Å². The van der Waals surface area contributed by atoms with Crippen molar-refractivity contribution in [1.29, 1.82) is 0 Å². The second-order valence-corrected chi connectivity index (χ2v) is 6.39. The summed E-state index contributed by atoms with van der Waals surface area (Å²) < 4.78 is 0. The Morgan fingerprint density at radius 2 is 2.05 bits per heavy atom. The maximum atomic E-state index is 12.3. The van der Waals surface area contributed by atoms with Crippen molar-refractivity contribution in [1.82, 2.24) is 9.80 Å². The topological polar surface area (TPSA) is 60.9 Å². The highest BCUT2D eigenvalue weighted by Gasteiger charge is 2.45. The monoisotopic (exact) mass is 284 g/mol. The van der Waals surface area contributed by atoms with E-state index in [1.807, 2.05) is 6.92 Å². The van der Waals surface area contributed by atoms with Crippen LogP contribution in [0.4, 0.5) is 4.79 Å². The Bertz CT molecular complexity index is 357. The summed E-state index contributed by atoms with van der Waals surface area (Å²) in [6, 6.07) is -0.0371. The molecule has 1 N–H and O–H groups in total. The minimum absolute atomic E-state index is 0.0371. The fraction of sp³-hybridized carbons (Fsp3) is 0.867. The molecule has 5 nitrogen and oxygen atoms in total. The number of likely N-dealkylation sites (tertiary alicyclic amines) is 1. The molecule has 0 aliphatic carbocycles. The first-order valence-electron chi connectivity index (χ1n) is 7.56. The average molecular weight is 284 g/mol. The van der Waals surface area contributed by atoms with Crippen LogP contribution in [0.2, 0.25) is 0 Å². The molecule has 20 heavy (non-hydrogen) atoms. The second-order valence-electron chi connectivity index (χ2n) is 6.39. The fourth-order valence-corrected chi connectivity index (χ4v) is 2.79. The highest BCUT2D eigenvalue weighted by Crippen LogP contribution is 2.35. The van der Waals surface area contributed by atoms with Crippen molar-refractivity contribution in [3.63, 3.8) is 0 Å². The number of hydrogen-bond donors (Lipinski definition) is 1. The predicted octanol–water partition coefficient (Wildman–Crippen LogP) is 2.66. The van der Waals surface area contributed by atoms with Crippen LogP contribution in [0.1, 0.15) is 46.5 Å². The van der Waals surface area contributed by atoms with Gasteiger partial charge in [-0.1, -0.05) is 27.2 Å². The van der Waals surface area contributed by atoms with Gasteiger partial charge in [-0.25, -0.2) is 4.79 Å². The molecule has 116 valence electrons. The number of nitrogens with zero attached hydrogens (tertiary/aromatic N) is 2. The van der Waals surface area contributed by atoms with Gasteiger partial charge in [0.25, 0.3) is 0 Å². The van der Waals surface area contributed by atoms with Gasteiger partial charge < -0.3 is 14.9 Å². The number of hydrogen-bond acceptors (Lipinski definition) is 2. The lowest BCUT2D eigenvalue weighted by Gasteiger charge is -2.27. The molecule has 1 rings (SSSR count). The van der Waals surface area contributed by atoms with E-state index in [9.17, 15) is 14.7 Å². The third-order valence-corrected chi connectivity index (χ3v) is 4.17. The van der Waals surface area contributed by atoms with E-state index in [0.717, 1.165) is 19.4 Å². The average Bonchev–Trinajstić information content (AvgIpc) is 2.81. The van der Waals surface area contributed by atoms with Crippen LogP contribution in [0.15, 0.2) is 0 Å². The van der Waals surface area contributed by atoms with Crippen molar-refractivity contribution in [2.24, 2.45) is 11.3 Å². The van der Waals surface area contributed by atoms with Crippen molar-refractivity contribution in [3.05, 3.63) is 0 Å². The molecule has 1 unspecified atom stereocenters. The van der Waals surface area contributed by atoms with Crippen molar-refractivity contribution in [2.45, 2.75) is 46.5 Å². The smallest absolute Gasteiger partial charge is 0.319 e. The van der Waals surface area contributed by atoms with Gasteiger partial charge in [0, 0.05) is 26.7 Å². The summed E-state index contributed by atoms with van der Waals surface area (Å²) in [6.07, 6.45) is 3.01. The molecule has 0 saturated carbocycles. The zero-order valence-corrected chi connectivity index (χ0v) is 13.2. The molecule has 0 spiro atoms. The van der Waals surface area contributed by atoms with Gasteiger partial charge in [0.2, 0.25) is 0 Å². The number of carboxylic acid groups (broad SMARTS) is 1. The van der Waals surface area contributed by atoms with Gasteiger partial charge in [0.15, 0.2) is 0 Å². The van der Waals surface area contributed by atoms with Crippen LogP contribution in [-0.4, -0.2) is 53.6 Å². The van der Waals surface area contributed by atoms with Gasteiger partial charge in [0.1, 0.15) is 0 Å². The predicted molar refractivity (Wildman–Crippen MR) is 78.6 cm³/mol. The molecule has 1 aliphatic heterocycles. The minimum atomic E-state index is -0.764. The summed E-state index contributed by atoms with van der Waals surface area (Å²) in [5, 5.41) is 9.46. The van der Waals surface area contributed by atoms with Crippen LogP contribution in [0.25, 0.3) is 0 Å². The van der Waals surface area contributed by atoms with Crippen LogP contribution >= 0.6 is 0 Å². The molecular weight excluding hydrogens is 256 g/mol. The van der Waals surface area contributed by atoms with Crippen LogP contribution < -0.4 is 0 Å². The summed E-state index contributed by atoms with van der Waals surface area (Å²) in [7, 11) is 1.80. The van der Waals surface area contributed by atoms with Crippen molar-refractivity contribution >= 4 is 12.0 Å². The Labute approximate surface area is 121 Å². The molecule has 1 fully saturated rings. The van der Waals surface area contributed by atoms with E-state index in [4.69, 9.17) is 0 Å². The Morgan fingerprint density at radius 3 is 2.55 bits per heavy atom. The van der Waals surface area contributed by atoms with E-state index in [2.05, 4.69) is 13.8 Å². The van der Waals surface area contributed by atoms with Gasteiger partial charge in [0.05, 0.1) is 5.41 Å². The molecule has 0 aromatic rings. The number of aliphatic carboxylic acids is 1. The molecule has 0 aromatic heterocycles. The first kappa shape index (κ1) is 16.8. The number of carboxylic acids is 1. The minimum Gasteiger partial charge on any atom is -0.481 e. The number of urea groups is 1. The van der Waals surface area contributed by atoms with Gasteiger partial charge in [-0.05, 0) is 25.2 Å². The van der Waals surface area contributed by atoms with Gasteiger partial charge in [-0.15, -0.1) is 0 Å². The molecule has 1 heterocycles. The van der Waals surface area contributed by atoms with E-state index in [0.29, 0.717) is 31.8 Å².